The monoisotopic (exact) mass is 390 g/mol. The Morgan fingerprint density at radius 2 is 2.11 bits per heavy atom. The van der Waals surface area contributed by atoms with E-state index in [4.69, 9.17) is 10.5 Å². The second-order valence-corrected chi connectivity index (χ2v) is 6.85. The lowest BCUT2D eigenvalue weighted by atomic mass is 9.76. The van der Waals surface area contributed by atoms with Gasteiger partial charge in [0.1, 0.15) is 22.9 Å². The van der Waals surface area contributed by atoms with Crippen molar-refractivity contribution in [1.29, 1.82) is 0 Å². The van der Waals surface area contributed by atoms with Gasteiger partial charge < -0.3 is 15.8 Å². The maximum atomic E-state index is 14.7. The summed E-state index contributed by atoms with van der Waals surface area (Å²) in [5, 5.41) is 2.58. The molecule has 6 nitrogen and oxygen atoms in total. The molecule has 1 aromatic carbocycles. The highest BCUT2D eigenvalue weighted by Crippen LogP contribution is 2.49. The molecule has 3 atom stereocenters. The molecule has 3 N–H and O–H groups in total. The maximum Gasteiger partial charge on any atom is 0.274 e. The summed E-state index contributed by atoms with van der Waals surface area (Å²) in [5.41, 5.74) is 4.94. The lowest BCUT2D eigenvalue weighted by molar-refractivity contribution is -0.0158. The van der Waals surface area contributed by atoms with Crippen molar-refractivity contribution >= 4 is 17.4 Å². The molecule has 146 valence electrons. The first-order chi connectivity index (χ1) is 13.4. The van der Waals surface area contributed by atoms with Gasteiger partial charge in [0.2, 0.25) is 6.36 Å². The zero-order chi connectivity index (χ0) is 19.9. The standard InChI is InChI=1S/C19H17F3N4O2/c20-10-1-5-15(24-8-10)18(27)25-11-2-4-14(21)13(7-11)19-9-28-17(22)12(19)3-6-16(23)26-19/h1-2,4-5,7-8,12,17H,3,6,9H2,(H2,23,26)(H,25,27)/t12-,17?,19+/m0/s1. The van der Waals surface area contributed by atoms with Gasteiger partial charge in [0.05, 0.1) is 18.6 Å². The Kier molecular flexibility index (Phi) is 4.54. The molecule has 1 fully saturated rings. The van der Waals surface area contributed by atoms with Crippen LogP contribution in [0.2, 0.25) is 0 Å². The number of nitrogens with zero attached hydrogens (tertiary/aromatic N) is 2. The highest BCUT2D eigenvalue weighted by atomic mass is 19.1. The number of alkyl halides is 1. The van der Waals surface area contributed by atoms with E-state index in [9.17, 15) is 18.0 Å². The van der Waals surface area contributed by atoms with Gasteiger partial charge >= 0.3 is 0 Å². The predicted molar refractivity (Wildman–Crippen MR) is 95.4 cm³/mol. The number of amides is 1. The number of amidine groups is 1. The van der Waals surface area contributed by atoms with E-state index in [1.807, 2.05) is 0 Å². The van der Waals surface area contributed by atoms with Crippen molar-refractivity contribution < 1.29 is 22.7 Å². The quantitative estimate of drug-likeness (QED) is 0.843. The van der Waals surface area contributed by atoms with E-state index in [2.05, 4.69) is 15.3 Å². The molecule has 2 aromatic rings. The lowest BCUT2D eigenvalue weighted by Crippen LogP contribution is -2.41. The lowest BCUT2D eigenvalue weighted by Gasteiger charge is -2.35. The van der Waals surface area contributed by atoms with Gasteiger partial charge in [-0.2, -0.15) is 0 Å². The Bertz CT molecular complexity index is 951. The molecular formula is C19H17F3N4O2. The van der Waals surface area contributed by atoms with Crippen molar-refractivity contribution in [3.8, 4) is 0 Å². The number of ether oxygens (including phenoxy) is 1. The maximum absolute atomic E-state index is 14.7. The fourth-order valence-corrected chi connectivity index (χ4v) is 3.72. The Labute approximate surface area is 158 Å². The Morgan fingerprint density at radius 1 is 1.29 bits per heavy atom. The Morgan fingerprint density at radius 3 is 2.86 bits per heavy atom. The molecule has 1 saturated heterocycles. The molecule has 0 aliphatic carbocycles. The van der Waals surface area contributed by atoms with Gasteiger partial charge in [-0.3, -0.25) is 9.79 Å². The van der Waals surface area contributed by atoms with Crippen LogP contribution < -0.4 is 11.1 Å². The number of hydrogen-bond donors (Lipinski definition) is 2. The van der Waals surface area contributed by atoms with Crippen molar-refractivity contribution in [2.24, 2.45) is 16.6 Å². The van der Waals surface area contributed by atoms with E-state index in [0.29, 0.717) is 18.7 Å². The zero-order valence-electron chi connectivity index (χ0n) is 14.7. The molecule has 0 saturated carbocycles. The van der Waals surface area contributed by atoms with E-state index in [0.717, 1.165) is 12.3 Å². The first kappa shape index (κ1) is 18.4. The number of anilines is 1. The average molecular weight is 390 g/mol. The van der Waals surface area contributed by atoms with Crippen molar-refractivity contribution in [3.05, 3.63) is 59.4 Å². The van der Waals surface area contributed by atoms with Crippen LogP contribution in [0.25, 0.3) is 0 Å². The molecule has 2 aliphatic rings. The summed E-state index contributed by atoms with van der Waals surface area (Å²) in [5.74, 6) is -2.12. The minimum Gasteiger partial charge on any atom is -0.387 e. The van der Waals surface area contributed by atoms with Crippen molar-refractivity contribution in [2.45, 2.75) is 24.7 Å². The average Bonchev–Trinajstić information content (AvgIpc) is 3.00. The third-order valence-electron chi connectivity index (χ3n) is 5.10. The summed E-state index contributed by atoms with van der Waals surface area (Å²) in [6.45, 7) is -0.145. The van der Waals surface area contributed by atoms with Crippen molar-refractivity contribution in [2.75, 3.05) is 11.9 Å². The van der Waals surface area contributed by atoms with Crippen LogP contribution in [0.15, 0.2) is 41.5 Å². The molecule has 3 heterocycles. The molecule has 1 amide bonds. The highest BCUT2D eigenvalue weighted by molar-refractivity contribution is 6.02. The Balaban J connectivity index is 1.68. The number of nitrogens with one attached hydrogen (secondary N) is 1. The number of aromatic nitrogens is 1. The highest BCUT2D eigenvalue weighted by Gasteiger charge is 2.54. The molecule has 0 radical (unpaired) electrons. The summed E-state index contributed by atoms with van der Waals surface area (Å²) >= 11 is 0. The molecule has 2 aliphatic heterocycles. The van der Waals surface area contributed by atoms with Crippen LogP contribution in [-0.4, -0.2) is 29.7 Å². The van der Waals surface area contributed by atoms with Crippen LogP contribution in [0.4, 0.5) is 18.9 Å². The van der Waals surface area contributed by atoms with Crippen LogP contribution in [0.5, 0.6) is 0 Å². The zero-order valence-corrected chi connectivity index (χ0v) is 14.7. The van der Waals surface area contributed by atoms with Crippen molar-refractivity contribution in [1.82, 2.24) is 4.98 Å². The summed E-state index contributed by atoms with van der Waals surface area (Å²) in [7, 11) is 0. The predicted octanol–water partition coefficient (Wildman–Crippen LogP) is 2.90. The normalized spacial score (nSPS) is 26.5. The fourth-order valence-electron chi connectivity index (χ4n) is 3.72. The number of carbonyl (C=O) groups excluding carboxylic acids is 1. The SMILES string of the molecule is NC1=N[C@]2(c3cc(NC(=O)c4ccc(F)cn4)ccc3F)COC(F)[C@@H]2CC1. The van der Waals surface area contributed by atoms with Gasteiger partial charge in [0.25, 0.3) is 5.91 Å². The van der Waals surface area contributed by atoms with Crippen LogP contribution in [0.1, 0.15) is 28.9 Å². The molecule has 1 aromatic heterocycles. The van der Waals surface area contributed by atoms with Gasteiger partial charge in [0.15, 0.2) is 0 Å². The number of pyridine rings is 1. The second kappa shape index (κ2) is 6.90. The summed E-state index contributed by atoms with van der Waals surface area (Å²) in [6.07, 6.45) is 0.139. The minimum absolute atomic E-state index is 0.00346. The van der Waals surface area contributed by atoms with Crippen LogP contribution in [0, 0.1) is 17.6 Å². The van der Waals surface area contributed by atoms with E-state index in [-0.39, 0.29) is 23.6 Å². The first-order valence-corrected chi connectivity index (χ1v) is 8.72. The number of hydrogen-bond acceptors (Lipinski definition) is 5. The van der Waals surface area contributed by atoms with E-state index in [1.54, 1.807) is 0 Å². The minimum atomic E-state index is -1.57. The number of aliphatic imine (C=N–C) groups is 1. The summed E-state index contributed by atoms with van der Waals surface area (Å²) < 4.78 is 47.0. The Hall–Kier alpha value is -2.94. The van der Waals surface area contributed by atoms with Gasteiger partial charge in [-0.05, 0) is 36.8 Å². The molecule has 0 spiro atoms. The van der Waals surface area contributed by atoms with E-state index in [1.165, 1.54) is 24.3 Å². The molecule has 4 rings (SSSR count). The molecule has 1 unspecified atom stereocenters. The second-order valence-electron chi connectivity index (χ2n) is 6.85. The van der Waals surface area contributed by atoms with Gasteiger partial charge in [-0.25, -0.2) is 18.2 Å². The van der Waals surface area contributed by atoms with Crippen molar-refractivity contribution in [3.63, 3.8) is 0 Å². The smallest absolute Gasteiger partial charge is 0.274 e. The van der Waals surface area contributed by atoms with Gasteiger partial charge in [-0.15, -0.1) is 0 Å². The molecule has 0 bridgehead atoms. The number of nitrogens with two attached hydrogens (primary N) is 1. The van der Waals surface area contributed by atoms with E-state index < -0.39 is 35.4 Å². The fraction of sp³-hybridized carbons (Fsp3) is 0.316. The number of carbonyl (C=O) groups is 1. The van der Waals surface area contributed by atoms with Gasteiger partial charge in [-0.1, -0.05) is 0 Å². The summed E-state index contributed by atoms with van der Waals surface area (Å²) in [4.78, 5) is 20.4. The van der Waals surface area contributed by atoms with Crippen LogP contribution in [0.3, 0.4) is 0 Å². The number of halogens is 3. The van der Waals surface area contributed by atoms with Gasteiger partial charge in [0, 0.05) is 23.6 Å². The number of fused-ring (bicyclic) bond motifs is 1. The molecule has 9 heteroatoms. The third-order valence-corrected chi connectivity index (χ3v) is 5.10. The van der Waals surface area contributed by atoms with E-state index >= 15 is 0 Å². The largest absolute Gasteiger partial charge is 0.387 e. The summed E-state index contributed by atoms with van der Waals surface area (Å²) in [6, 6.07) is 6.27. The number of benzene rings is 1. The number of rotatable bonds is 3. The van der Waals surface area contributed by atoms with Crippen LogP contribution in [-0.2, 0) is 10.3 Å². The molecule has 28 heavy (non-hydrogen) atoms. The molecular weight excluding hydrogens is 373 g/mol. The topological polar surface area (TPSA) is 89.6 Å². The first-order valence-electron chi connectivity index (χ1n) is 8.72. The third kappa shape index (κ3) is 3.11. The van der Waals surface area contributed by atoms with Crippen LogP contribution >= 0.6 is 0 Å².